The van der Waals surface area contributed by atoms with Crippen LogP contribution >= 0.6 is 0 Å². The molecule has 0 spiro atoms. The van der Waals surface area contributed by atoms with Crippen LogP contribution in [0.5, 0.6) is 5.75 Å². The lowest BCUT2D eigenvalue weighted by atomic mass is 9.86. The van der Waals surface area contributed by atoms with E-state index in [4.69, 9.17) is 4.74 Å². The lowest BCUT2D eigenvalue weighted by molar-refractivity contribution is -0.122. The normalized spacial score (nSPS) is 26.6. The van der Waals surface area contributed by atoms with Gasteiger partial charge in [-0.1, -0.05) is 18.6 Å². The third kappa shape index (κ3) is 3.92. The fourth-order valence-electron chi connectivity index (χ4n) is 4.57. The van der Waals surface area contributed by atoms with E-state index in [0.717, 1.165) is 17.6 Å². The molecule has 2 saturated carbocycles. The summed E-state index contributed by atoms with van der Waals surface area (Å²) in [5.74, 6) is 3.42. The summed E-state index contributed by atoms with van der Waals surface area (Å²) in [5.41, 5.74) is 1.20. The second-order valence-corrected chi connectivity index (χ2v) is 7.70. The van der Waals surface area contributed by atoms with Crippen LogP contribution in [-0.4, -0.2) is 38.6 Å². The number of carbonyl (C=O) groups is 1. The molecule has 2 fully saturated rings. The molecule has 2 aliphatic carbocycles. The third-order valence-electron chi connectivity index (χ3n) is 5.95. The Morgan fingerprint density at radius 1 is 1.25 bits per heavy atom. The van der Waals surface area contributed by atoms with Crippen molar-refractivity contribution in [3.63, 3.8) is 0 Å². The predicted octanol–water partition coefficient (Wildman–Crippen LogP) is 3.24. The Kier molecular flexibility index (Phi) is 5.44. The molecule has 0 aliphatic heterocycles. The van der Waals surface area contributed by atoms with Crippen LogP contribution in [0.15, 0.2) is 24.3 Å². The topological polar surface area (TPSA) is 41.6 Å². The number of methoxy groups -OCH3 is 1. The Morgan fingerprint density at radius 2 is 2.00 bits per heavy atom. The van der Waals surface area contributed by atoms with Crippen LogP contribution in [0, 0.1) is 17.8 Å². The maximum absolute atomic E-state index is 12.4. The molecule has 24 heavy (non-hydrogen) atoms. The molecule has 132 valence electrons. The van der Waals surface area contributed by atoms with Crippen molar-refractivity contribution in [3.05, 3.63) is 29.8 Å². The van der Waals surface area contributed by atoms with Crippen LogP contribution in [0.2, 0.25) is 0 Å². The monoisotopic (exact) mass is 330 g/mol. The van der Waals surface area contributed by atoms with Gasteiger partial charge in [0.1, 0.15) is 5.75 Å². The lowest BCUT2D eigenvalue weighted by Gasteiger charge is -2.26. The summed E-state index contributed by atoms with van der Waals surface area (Å²) < 4.78 is 5.22. The Morgan fingerprint density at radius 3 is 2.54 bits per heavy atom. The quantitative estimate of drug-likeness (QED) is 0.834. The Hall–Kier alpha value is -1.55. The van der Waals surface area contributed by atoms with Crippen molar-refractivity contribution in [1.82, 2.24) is 10.2 Å². The van der Waals surface area contributed by atoms with Crippen LogP contribution in [0.1, 0.15) is 43.7 Å². The molecule has 2 bridgehead atoms. The van der Waals surface area contributed by atoms with Gasteiger partial charge < -0.3 is 15.0 Å². The zero-order chi connectivity index (χ0) is 17.1. The number of hydrogen-bond donors (Lipinski definition) is 1. The minimum Gasteiger partial charge on any atom is -0.497 e. The van der Waals surface area contributed by atoms with Crippen LogP contribution in [0.25, 0.3) is 0 Å². The average Bonchev–Trinajstić information content (AvgIpc) is 3.18. The Bertz CT molecular complexity index is 555. The van der Waals surface area contributed by atoms with Gasteiger partial charge in [-0.05, 0) is 68.8 Å². The van der Waals surface area contributed by atoms with E-state index in [1.807, 2.05) is 12.1 Å². The highest BCUT2D eigenvalue weighted by atomic mass is 16.5. The van der Waals surface area contributed by atoms with Gasteiger partial charge in [0, 0.05) is 13.0 Å². The summed E-state index contributed by atoms with van der Waals surface area (Å²) >= 11 is 0. The lowest BCUT2D eigenvalue weighted by Crippen LogP contribution is -2.35. The summed E-state index contributed by atoms with van der Waals surface area (Å²) in [6.07, 6.45) is 6.08. The molecule has 2 aliphatic rings. The van der Waals surface area contributed by atoms with Gasteiger partial charge >= 0.3 is 0 Å². The van der Waals surface area contributed by atoms with Crippen molar-refractivity contribution in [3.8, 4) is 5.75 Å². The fraction of sp³-hybridized carbons (Fsp3) is 0.650. The van der Waals surface area contributed by atoms with Crippen LogP contribution in [0.4, 0.5) is 0 Å². The molecule has 1 aromatic rings. The third-order valence-corrected chi connectivity index (χ3v) is 5.95. The summed E-state index contributed by atoms with van der Waals surface area (Å²) in [6.45, 7) is 0.652. The number of fused-ring (bicyclic) bond motifs is 2. The molecular weight excluding hydrogens is 300 g/mol. The second-order valence-electron chi connectivity index (χ2n) is 7.70. The molecule has 0 saturated heterocycles. The van der Waals surface area contributed by atoms with Crippen molar-refractivity contribution >= 4 is 5.91 Å². The van der Waals surface area contributed by atoms with Gasteiger partial charge in [-0.2, -0.15) is 0 Å². The van der Waals surface area contributed by atoms with E-state index in [1.54, 1.807) is 7.11 Å². The van der Waals surface area contributed by atoms with Crippen LogP contribution in [-0.2, 0) is 4.79 Å². The van der Waals surface area contributed by atoms with Gasteiger partial charge in [0.15, 0.2) is 0 Å². The first-order chi connectivity index (χ1) is 11.6. The molecular formula is C20H30N2O2. The molecule has 4 atom stereocenters. The number of carbonyl (C=O) groups excluding carboxylic acids is 1. The molecule has 0 radical (unpaired) electrons. The largest absolute Gasteiger partial charge is 0.497 e. The van der Waals surface area contributed by atoms with E-state index in [0.29, 0.717) is 18.9 Å². The van der Waals surface area contributed by atoms with Gasteiger partial charge in [0.25, 0.3) is 0 Å². The maximum atomic E-state index is 12.4. The summed E-state index contributed by atoms with van der Waals surface area (Å²) in [7, 11) is 5.78. The first-order valence-electron chi connectivity index (χ1n) is 9.14. The van der Waals surface area contributed by atoms with E-state index in [-0.39, 0.29) is 11.9 Å². The van der Waals surface area contributed by atoms with Crippen molar-refractivity contribution in [2.75, 3.05) is 27.7 Å². The molecule has 4 unspecified atom stereocenters. The molecule has 1 amide bonds. The number of benzene rings is 1. The molecule has 3 rings (SSSR count). The molecule has 0 aromatic heterocycles. The SMILES string of the molecule is COc1ccc(C(CNC(=O)CC2CC3CCC2C3)N(C)C)cc1. The van der Waals surface area contributed by atoms with Crippen molar-refractivity contribution < 1.29 is 9.53 Å². The number of amides is 1. The Balaban J connectivity index is 1.52. The van der Waals surface area contributed by atoms with E-state index in [2.05, 4.69) is 36.4 Å². The zero-order valence-electron chi connectivity index (χ0n) is 15.1. The van der Waals surface area contributed by atoms with Gasteiger partial charge in [0.2, 0.25) is 5.91 Å². The van der Waals surface area contributed by atoms with E-state index in [9.17, 15) is 4.79 Å². The van der Waals surface area contributed by atoms with Gasteiger partial charge in [-0.3, -0.25) is 4.79 Å². The number of nitrogens with zero attached hydrogens (tertiary/aromatic N) is 1. The minimum absolute atomic E-state index is 0.180. The smallest absolute Gasteiger partial charge is 0.220 e. The van der Waals surface area contributed by atoms with Crippen molar-refractivity contribution in [2.45, 2.75) is 38.1 Å². The fourth-order valence-corrected chi connectivity index (χ4v) is 4.57. The molecule has 0 heterocycles. The van der Waals surface area contributed by atoms with Crippen LogP contribution < -0.4 is 10.1 Å². The van der Waals surface area contributed by atoms with Crippen LogP contribution in [0.3, 0.4) is 0 Å². The zero-order valence-corrected chi connectivity index (χ0v) is 15.1. The van der Waals surface area contributed by atoms with Gasteiger partial charge in [0.05, 0.1) is 13.2 Å². The second kappa shape index (κ2) is 7.56. The summed E-state index contributed by atoms with van der Waals surface area (Å²) in [5, 5.41) is 3.17. The van der Waals surface area contributed by atoms with Crippen molar-refractivity contribution in [1.29, 1.82) is 0 Å². The summed E-state index contributed by atoms with van der Waals surface area (Å²) in [6, 6.07) is 8.28. The average molecular weight is 330 g/mol. The highest BCUT2D eigenvalue weighted by molar-refractivity contribution is 5.76. The van der Waals surface area contributed by atoms with E-state index >= 15 is 0 Å². The predicted molar refractivity (Wildman–Crippen MR) is 96.0 cm³/mol. The number of hydrogen-bond acceptors (Lipinski definition) is 3. The number of nitrogens with one attached hydrogen (secondary N) is 1. The molecule has 4 heteroatoms. The summed E-state index contributed by atoms with van der Waals surface area (Å²) in [4.78, 5) is 14.5. The first-order valence-corrected chi connectivity index (χ1v) is 9.14. The highest BCUT2D eigenvalue weighted by Crippen LogP contribution is 2.49. The number of rotatable bonds is 7. The molecule has 1 aromatic carbocycles. The Labute approximate surface area is 145 Å². The molecule has 1 N–H and O–H groups in total. The van der Waals surface area contributed by atoms with E-state index < -0.39 is 0 Å². The van der Waals surface area contributed by atoms with Gasteiger partial charge in [-0.25, -0.2) is 0 Å². The van der Waals surface area contributed by atoms with E-state index in [1.165, 1.54) is 31.2 Å². The first kappa shape index (κ1) is 17.3. The highest BCUT2D eigenvalue weighted by Gasteiger charge is 2.40. The van der Waals surface area contributed by atoms with Crippen molar-refractivity contribution in [2.24, 2.45) is 17.8 Å². The van der Waals surface area contributed by atoms with Gasteiger partial charge in [-0.15, -0.1) is 0 Å². The molecule has 4 nitrogen and oxygen atoms in total. The number of ether oxygens (including phenoxy) is 1. The number of likely N-dealkylation sites (N-methyl/N-ethyl adjacent to an activating group) is 1. The standard InChI is InChI=1S/C20H30N2O2/c1-22(2)19(15-6-8-18(24-3)9-7-15)13-21-20(23)12-17-11-14-4-5-16(17)10-14/h6-9,14,16-17,19H,4-5,10-13H2,1-3H3,(H,21,23). The maximum Gasteiger partial charge on any atom is 0.220 e. The minimum atomic E-state index is 0.180.